The summed E-state index contributed by atoms with van der Waals surface area (Å²) in [5.41, 5.74) is 6.16. The zero-order valence-electron chi connectivity index (χ0n) is 34.2. The number of methoxy groups -OCH3 is 1. The van der Waals surface area contributed by atoms with Crippen molar-refractivity contribution in [2.45, 2.75) is 91.4 Å². The maximum Gasteiger partial charge on any atom is 0.119 e. The van der Waals surface area contributed by atoms with Crippen LogP contribution in [0.2, 0.25) is 0 Å². The number of fused-ring (bicyclic) bond motifs is 4. The predicted octanol–water partition coefficient (Wildman–Crippen LogP) is 15.4. The van der Waals surface area contributed by atoms with Crippen LogP contribution < -0.4 is 14.2 Å². The van der Waals surface area contributed by atoms with Crippen LogP contribution in [0.3, 0.4) is 0 Å². The molecule has 286 valence electrons. The fraction of sp³-hybridized carbons (Fsp3) is 0.321. The van der Waals surface area contributed by atoms with Gasteiger partial charge in [-0.25, -0.2) is 0 Å². The second kappa shape index (κ2) is 16.1. The van der Waals surface area contributed by atoms with Crippen molar-refractivity contribution in [3.63, 3.8) is 0 Å². The molecule has 0 aliphatic rings. The van der Waals surface area contributed by atoms with Gasteiger partial charge in [-0.1, -0.05) is 128 Å². The fourth-order valence-electron chi connectivity index (χ4n) is 8.53. The van der Waals surface area contributed by atoms with Crippen LogP contribution in [0.4, 0.5) is 0 Å². The van der Waals surface area contributed by atoms with Crippen molar-refractivity contribution in [2.24, 2.45) is 0 Å². The van der Waals surface area contributed by atoms with E-state index in [0.29, 0.717) is 0 Å². The predicted molar refractivity (Wildman–Crippen MR) is 241 cm³/mol. The molecule has 0 aliphatic carbocycles. The molecule has 3 heteroatoms. The van der Waals surface area contributed by atoms with Crippen LogP contribution in [0.5, 0.6) is 17.2 Å². The van der Waals surface area contributed by atoms with Gasteiger partial charge in [0.25, 0.3) is 0 Å². The number of hydrogen-bond donors (Lipinski definition) is 0. The highest BCUT2D eigenvalue weighted by molar-refractivity contribution is 6.37. The SMILES string of the molecule is CCCCCCOc1ccc(-c2cc3cc(C(C)(C)C)cc4cc(-c5ccc(OCCCCCC)cc5)c5c6c(ccc7ccc(OC)cc76)cc2c5c34)cc1. The third kappa shape index (κ3) is 7.37. The quantitative estimate of drug-likeness (QED) is 0.0595. The molecule has 0 atom stereocenters. The van der Waals surface area contributed by atoms with Gasteiger partial charge >= 0.3 is 0 Å². The van der Waals surface area contributed by atoms with Crippen molar-refractivity contribution in [3.05, 3.63) is 115 Å². The molecule has 0 spiro atoms. The van der Waals surface area contributed by atoms with E-state index in [0.717, 1.165) is 43.3 Å². The molecule has 0 heterocycles. The molecule has 0 fully saturated rings. The van der Waals surface area contributed by atoms with Gasteiger partial charge in [-0.15, -0.1) is 0 Å². The molecule has 56 heavy (non-hydrogen) atoms. The van der Waals surface area contributed by atoms with Crippen molar-refractivity contribution in [3.8, 4) is 39.5 Å². The molecule has 0 bridgehead atoms. The molecule has 0 aromatic heterocycles. The molecule has 0 unspecified atom stereocenters. The first-order valence-electron chi connectivity index (χ1n) is 20.9. The standard InChI is InChI=1S/C53H56O3/c1-7-9-11-13-27-55-42-22-17-35(18-23-42)45-32-39-29-41(53(3,4)5)30-40-33-46(37-19-24-43(25-20-37)56-28-14-12-10-8-2)51-50-38(31-48(45)52(51)49(39)40)16-15-36-21-26-44(54-6)34-47(36)50/h15-26,29-34H,7-14,27-28H2,1-6H3. The summed E-state index contributed by atoms with van der Waals surface area (Å²) < 4.78 is 18.3. The number of hydrogen-bond acceptors (Lipinski definition) is 3. The molecule has 3 nitrogen and oxygen atoms in total. The van der Waals surface area contributed by atoms with Gasteiger partial charge in [-0.3, -0.25) is 0 Å². The van der Waals surface area contributed by atoms with Gasteiger partial charge in [0.1, 0.15) is 17.2 Å². The summed E-state index contributed by atoms with van der Waals surface area (Å²) in [5.74, 6) is 2.72. The summed E-state index contributed by atoms with van der Waals surface area (Å²) in [6.07, 6.45) is 9.55. The smallest absolute Gasteiger partial charge is 0.119 e. The van der Waals surface area contributed by atoms with Crippen LogP contribution in [-0.4, -0.2) is 20.3 Å². The van der Waals surface area contributed by atoms with Crippen molar-refractivity contribution < 1.29 is 14.2 Å². The van der Waals surface area contributed by atoms with E-state index in [9.17, 15) is 0 Å². The van der Waals surface area contributed by atoms with Crippen LogP contribution in [0.1, 0.15) is 91.5 Å². The van der Waals surface area contributed by atoms with Crippen molar-refractivity contribution in [1.82, 2.24) is 0 Å². The summed E-state index contributed by atoms with van der Waals surface area (Å²) in [6.45, 7) is 12.9. The van der Waals surface area contributed by atoms with Crippen molar-refractivity contribution in [2.75, 3.05) is 20.3 Å². The number of rotatable bonds is 15. The van der Waals surface area contributed by atoms with E-state index in [1.54, 1.807) is 7.11 Å². The Kier molecular flexibility index (Phi) is 10.8. The Morgan fingerprint density at radius 3 is 1.54 bits per heavy atom. The Hall–Kier alpha value is -5.28. The molecule has 0 saturated heterocycles. The lowest BCUT2D eigenvalue weighted by Gasteiger charge is -2.24. The third-order valence-corrected chi connectivity index (χ3v) is 11.7. The minimum absolute atomic E-state index is 0.0174. The molecule has 8 aromatic carbocycles. The first-order valence-corrected chi connectivity index (χ1v) is 20.9. The number of benzene rings is 8. The van der Waals surface area contributed by atoms with E-state index < -0.39 is 0 Å². The summed E-state index contributed by atoms with van der Waals surface area (Å²) in [5, 5.41) is 12.6. The van der Waals surface area contributed by atoms with E-state index in [4.69, 9.17) is 14.2 Å². The van der Waals surface area contributed by atoms with Crippen molar-refractivity contribution in [1.29, 1.82) is 0 Å². The lowest BCUT2D eigenvalue weighted by atomic mass is 9.79. The number of unbranched alkanes of at least 4 members (excludes halogenated alkanes) is 6. The van der Waals surface area contributed by atoms with E-state index in [2.05, 4.69) is 144 Å². The molecule has 0 radical (unpaired) electrons. The summed E-state index contributed by atoms with van der Waals surface area (Å²) >= 11 is 0. The Morgan fingerprint density at radius 1 is 0.429 bits per heavy atom. The maximum absolute atomic E-state index is 6.23. The molecule has 8 rings (SSSR count). The summed E-state index contributed by atoms with van der Waals surface area (Å²) in [4.78, 5) is 0. The average Bonchev–Trinajstić information content (AvgIpc) is 3.21. The minimum Gasteiger partial charge on any atom is -0.497 e. The van der Waals surface area contributed by atoms with Crippen LogP contribution in [0, 0.1) is 0 Å². The Labute approximate surface area is 332 Å². The second-order valence-electron chi connectivity index (χ2n) is 16.7. The van der Waals surface area contributed by atoms with E-state index in [-0.39, 0.29) is 5.41 Å². The summed E-state index contributed by atoms with van der Waals surface area (Å²) in [7, 11) is 1.76. The monoisotopic (exact) mass is 740 g/mol. The maximum atomic E-state index is 6.23. The summed E-state index contributed by atoms with van der Waals surface area (Å²) in [6, 6.07) is 40.8. The van der Waals surface area contributed by atoms with Gasteiger partial charge < -0.3 is 14.2 Å². The molecule has 0 aliphatic heterocycles. The van der Waals surface area contributed by atoms with Crippen LogP contribution in [-0.2, 0) is 5.41 Å². The van der Waals surface area contributed by atoms with Gasteiger partial charge in [0, 0.05) is 0 Å². The lowest BCUT2D eigenvalue weighted by Crippen LogP contribution is -2.11. The topological polar surface area (TPSA) is 27.7 Å². The number of ether oxygens (including phenoxy) is 3. The van der Waals surface area contributed by atoms with Crippen LogP contribution in [0.25, 0.3) is 76.1 Å². The average molecular weight is 741 g/mol. The van der Waals surface area contributed by atoms with Crippen LogP contribution >= 0.6 is 0 Å². The molecular weight excluding hydrogens is 685 g/mol. The highest BCUT2D eigenvalue weighted by Crippen LogP contribution is 2.49. The Bertz CT molecular complexity index is 2590. The largest absolute Gasteiger partial charge is 0.497 e. The van der Waals surface area contributed by atoms with Gasteiger partial charge in [0.05, 0.1) is 20.3 Å². The zero-order valence-corrected chi connectivity index (χ0v) is 34.2. The molecule has 0 amide bonds. The van der Waals surface area contributed by atoms with Gasteiger partial charge in [0.15, 0.2) is 0 Å². The molecule has 0 saturated carbocycles. The Balaban J connectivity index is 1.39. The zero-order chi connectivity index (χ0) is 38.8. The fourth-order valence-corrected chi connectivity index (χ4v) is 8.53. The molecular formula is C53H56O3. The van der Waals surface area contributed by atoms with Gasteiger partial charge in [-0.2, -0.15) is 0 Å². The third-order valence-electron chi connectivity index (χ3n) is 11.7. The first-order chi connectivity index (χ1) is 27.3. The van der Waals surface area contributed by atoms with Gasteiger partial charge in [-0.05, 0) is 155 Å². The molecule has 8 aromatic rings. The van der Waals surface area contributed by atoms with Gasteiger partial charge in [0.2, 0.25) is 0 Å². The Morgan fingerprint density at radius 2 is 0.964 bits per heavy atom. The first kappa shape index (κ1) is 37.6. The minimum atomic E-state index is -0.0174. The van der Waals surface area contributed by atoms with E-state index in [1.165, 1.54) is 120 Å². The lowest BCUT2D eigenvalue weighted by molar-refractivity contribution is 0.305. The highest BCUT2D eigenvalue weighted by Gasteiger charge is 2.23. The normalized spacial score (nSPS) is 12.1. The highest BCUT2D eigenvalue weighted by atomic mass is 16.5. The van der Waals surface area contributed by atoms with Crippen LogP contribution in [0.15, 0.2) is 109 Å². The van der Waals surface area contributed by atoms with Crippen molar-refractivity contribution >= 4 is 53.9 Å². The van der Waals surface area contributed by atoms with E-state index >= 15 is 0 Å². The van der Waals surface area contributed by atoms with E-state index in [1.807, 2.05) is 0 Å². The molecule has 0 N–H and O–H groups in total. The second-order valence-corrected chi connectivity index (χ2v) is 16.7.